The molecule has 5 atom stereocenters. The van der Waals surface area contributed by atoms with Gasteiger partial charge >= 0.3 is 18.1 Å². The van der Waals surface area contributed by atoms with E-state index in [4.69, 9.17) is 14.6 Å². The van der Waals surface area contributed by atoms with Crippen LogP contribution in [0.3, 0.4) is 0 Å². The predicted octanol–water partition coefficient (Wildman–Crippen LogP) is 3.02. The second-order valence-electron chi connectivity index (χ2n) is 7.98. The van der Waals surface area contributed by atoms with Crippen molar-refractivity contribution in [1.29, 1.82) is 0 Å². The van der Waals surface area contributed by atoms with Crippen LogP contribution in [0.15, 0.2) is 24.3 Å². The molecule has 0 amide bonds. The van der Waals surface area contributed by atoms with Crippen LogP contribution in [0, 0.1) is 11.8 Å². The molecule has 166 valence electrons. The lowest BCUT2D eigenvalue weighted by Crippen LogP contribution is -2.33. The van der Waals surface area contributed by atoms with Gasteiger partial charge in [0, 0.05) is 34.5 Å². The molecule has 3 aliphatic rings. The molecule has 0 saturated carbocycles. The Morgan fingerprint density at radius 3 is 2.39 bits per heavy atom. The second kappa shape index (κ2) is 7.67. The number of fused-ring (bicyclic) bond motifs is 4. The fourth-order valence-electron chi connectivity index (χ4n) is 5.20. The predicted molar refractivity (Wildman–Crippen MR) is 102 cm³/mol. The summed E-state index contributed by atoms with van der Waals surface area (Å²) in [5.74, 6) is -3.57. The van der Waals surface area contributed by atoms with Crippen molar-refractivity contribution in [2.75, 3.05) is 20.2 Å². The summed E-state index contributed by atoms with van der Waals surface area (Å²) in [6.45, 7) is 1.85. The number of halogens is 3. The number of rotatable bonds is 1. The largest absolute Gasteiger partial charge is 0.490 e. The number of carboxylic acid groups (broad SMARTS) is 1. The standard InChI is InChI=1S/C19H20N2O3.C2HF3O2/c1-24-19(23)15-11-6-8-21-9-7-12(18(11)22)17(21)14-10-4-2-3-5-13(10)20-16(14)15;3-2(4,5)1(6)7/h2-5,11-12,15,17,20H,6-9H2,1H3;(H,6,7)/t11-,12+,15+,17-;/m1./s1. The minimum absolute atomic E-state index is 0.00473. The second-order valence-corrected chi connectivity index (χ2v) is 7.98. The number of aliphatic carboxylic acids is 1. The van der Waals surface area contributed by atoms with Gasteiger partial charge < -0.3 is 14.8 Å². The number of H-pyrrole nitrogens is 1. The highest BCUT2D eigenvalue weighted by Crippen LogP contribution is 2.52. The fraction of sp³-hybridized carbons (Fsp3) is 0.476. The summed E-state index contributed by atoms with van der Waals surface area (Å²) in [6, 6.07) is 8.26. The number of benzene rings is 1. The summed E-state index contributed by atoms with van der Waals surface area (Å²) in [5, 5.41) is 8.26. The van der Waals surface area contributed by atoms with Crippen molar-refractivity contribution in [3.8, 4) is 0 Å². The van der Waals surface area contributed by atoms with Crippen LogP contribution in [0.1, 0.15) is 36.1 Å². The lowest BCUT2D eigenvalue weighted by molar-refractivity contribution is -0.192. The number of alkyl halides is 3. The third kappa shape index (κ3) is 3.48. The Balaban J connectivity index is 0.000000289. The lowest BCUT2D eigenvalue weighted by Gasteiger charge is -2.29. The van der Waals surface area contributed by atoms with E-state index in [-0.39, 0.29) is 29.6 Å². The van der Waals surface area contributed by atoms with Crippen LogP contribution in [0.5, 0.6) is 0 Å². The number of ether oxygens (including phenoxy) is 1. The molecule has 3 heterocycles. The maximum absolute atomic E-state index is 13.2. The zero-order valence-electron chi connectivity index (χ0n) is 16.6. The number of hydrogen-bond acceptors (Lipinski definition) is 5. The first-order valence-corrected chi connectivity index (χ1v) is 9.91. The van der Waals surface area contributed by atoms with E-state index >= 15 is 0 Å². The Bertz CT molecular complexity index is 1050. The summed E-state index contributed by atoms with van der Waals surface area (Å²) >= 11 is 0. The highest BCUT2D eigenvalue weighted by Gasteiger charge is 2.54. The van der Waals surface area contributed by atoms with Gasteiger partial charge in [0.1, 0.15) is 11.7 Å². The molecule has 1 aromatic carbocycles. The van der Waals surface area contributed by atoms with E-state index in [0.717, 1.165) is 48.1 Å². The van der Waals surface area contributed by atoms with Gasteiger partial charge in [-0.3, -0.25) is 14.5 Å². The molecule has 0 spiro atoms. The van der Waals surface area contributed by atoms with Gasteiger partial charge in [0.15, 0.2) is 0 Å². The Labute approximate surface area is 175 Å². The van der Waals surface area contributed by atoms with Crippen LogP contribution in [0.25, 0.3) is 10.9 Å². The summed E-state index contributed by atoms with van der Waals surface area (Å²) in [4.78, 5) is 40.6. The van der Waals surface area contributed by atoms with Gasteiger partial charge in [0.2, 0.25) is 0 Å². The molecule has 2 fully saturated rings. The zero-order chi connectivity index (χ0) is 22.5. The average Bonchev–Trinajstić information content (AvgIpc) is 3.22. The lowest BCUT2D eigenvalue weighted by atomic mass is 9.81. The number of hydrogen-bond donors (Lipinski definition) is 2. The molecule has 2 N–H and O–H groups in total. The number of nitrogens with zero attached hydrogens (tertiary/aromatic N) is 1. The van der Waals surface area contributed by atoms with E-state index in [2.05, 4.69) is 16.0 Å². The molecular weight excluding hydrogens is 417 g/mol. The van der Waals surface area contributed by atoms with Crippen molar-refractivity contribution in [3.63, 3.8) is 0 Å². The number of carboxylic acids is 1. The van der Waals surface area contributed by atoms with Crippen molar-refractivity contribution in [2.24, 2.45) is 11.8 Å². The van der Waals surface area contributed by atoms with Gasteiger partial charge in [-0.25, -0.2) is 4.79 Å². The van der Waals surface area contributed by atoms with E-state index in [9.17, 15) is 22.8 Å². The Morgan fingerprint density at radius 2 is 1.77 bits per heavy atom. The smallest absolute Gasteiger partial charge is 0.475 e. The number of esters is 1. The zero-order valence-corrected chi connectivity index (χ0v) is 16.6. The van der Waals surface area contributed by atoms with E-state index in [0.29, 0.717) is 0 Å². The van der Waals surface area contributed by atoms with E-state index in [1.54, 1.807) is 0 Å². The number of methoxy groups -OCH3 is 1. The van der Waals surface area contributed by atoms with Crippen LogP contribution in [0.4, 0.5) is 13.2 Å². The van der Waals surface area contributed by atoms with Crippen LogP contribution in [-0.2, 0) is 19.1 Å². The molecule has 1 unspecified atom stereocenters. The number of Topliss-reactive ketones (excluding diaryl/α,β-unsaturated/α-hetero) is 1. The van der Waals surface area contributed by atoms with E-state index in [1.165, 1.54) is 7.11 Å². The first-order valence-electron chi connectivity index (χ1n) is 9.91. The first kappa shape index (κ1) is 21.4. The molecule has 10 heteroatoms. The number of carbonyl (C=O) groups excluding carboxylic acids is 2. The fourth-order valence-corrected chi connectivity index (χ4v) is 5.20. The highest BCUT2D eigenvalue weighted by molar-refractivity contribution is 5.97. The Morgan fingerprint density at radius 1 is 1.16 bits per heavy atom. The van der Waals surface area contributed by atoms with Crippen LogP contribution >= 0.6 is 0 Å². The molecular formula is C21H21F3N2O5. The maximum atomic E-state index is 13.2. The van der Waals surface area contributed by atoms with Crippen molar-refractivity contribution in [3.05, 3.63) is 35.5 Å². The third-order valence-corrected chi connectivity index (χ3v) is 6.44. The van der Waals surface area contributed by atoms with Gasteiger partial charge in [-0.1, -0.05) is 18.2 Å². The average molecular weight is 438 g/mol. The van der Waals surface area contributed by atoms with Gasteiger partial charge in [-0.15, -0.1) is 0 Å². The first-order chi connectivity index (χ1) is 14.6. The Kier molecular flexibility index (Phi) is 5.28. The minimum Gasteiger partial charge on any atom is -0.475 e. The number of para-hydroxylation sites is 1. The summed E-state index contributed by atoms with van der Waals surface area (Å²) in [6.07, 6.45) is -3.45. The number of carbonyl (C=O) groups is 3. The third-order valence-electron chi connectivity index (χ3n) is 6.44. The number of aromatic amines is 1. The monoisotopic (exact) mass is 438 g/mol. The molecule has 1 aliphatic carbocycles. The van der Waals surface area contributed by atoms with Gasteiger partial charge in [-0.2, -0.15) is 13.2 Å². The van der Waals surface area contributed by atoms with E-state index in [1.807, 2.05) is 18.2 Å². The van der Waals surface area contributed by atoms with Gasteiger partial charge in [-0.05, 0) is 37.6 Å². The molecule has 5 rings (SSSR count). The normalized spacial score (nSPS) is 28.9. The van der Waals surface area contributed by atoms with Crippen LogP contribution < -0.4 is 0 Å². The molecule has 1 aromatic heterocycles. The molecule has 7 nitrogen and oxygen atoms in total. The van der Waals surface area contributed by atoms with Crippen LogP contribution in [-0.4, -0.2) is 59.1 Å². The molecule has 2 saturated heterocycles. The summed E-state index contributed by atoms with van der Waals surface area (Å²) in [7, 11) is 1.41. The quantitative estimate of drug-likeness (QED) is 0.664. The molecule has 31 heavy (non-hydrogen) atoms. The van der Waals surface area contributed by atoms with Crippen LogP contribution in [0.2, 0.25) is 0 Å². The van der Waals surface area contributed by atoms with Crippen molar-refractivity contribution in [1.82, 2.24) is 9.88 Å². The maximum Gasteiger partial charge on any atom is 0.490 e. The molecule has 0 radical (unpaired) electrons. The van der Waals surface area contributed by atoms with Crippen molar-refractivity contribution in [2.45, 2.75) is 31.0 Å². The van der Waals surface area contributed by atoms with E-state index < -0.39 is 18.1 Å². The molecule has 2 aromatic rings. The number of aromatic nitrogens is 1. The Hall–Kier alpha value is -2.88. The molecule has 2 aliphatic heterocycles. The summed E-state index contributed by atoms with van der Waals surface area (Å²) < 4.78 is 36.8. The number of nitrogens with one attached hydrogen (secondary N) is 1. The number of ketones is 1. The minimum atomic E-state index is -5.08. The van der Waals surface area contributed by atoms with Crippen molar-refractivity contribution >= 4 is 28.6 Å². The molecule has 4 bridgehead atoms. The van der Waals surface area contributed by atoms with Crippen molar-refractivity contribution < 1.29 is 37.4 Å². The highest BCUT2D eigenvalue weighted by atomic mass is 19.4. The topological polar surface area (TPSA) is 99.7 Å². The summed E-state index contributed by atoms with van der Waals surface area (Å²) in [5.41, 5.74) is 3.09. The SMILES string of the molecule is COC(=O)[C@@H]1c2[nH]c3ccccc3c2[C@H]2[C@@H]3CCN2CC[C@H]1C3=O.O=C(O)C(F)(F)F. The van der Waals surface area contributed by atoms with Gasteiger partial charge in [0.05, 0.1) is 7.11 Å². The van der Waals surface area contributed by atoms with Gasteiger partial charge in [0.25, 0.3) is 0 Å².